The second-order valence-electron chi connectivity index (χ2n) is 7.49. The van der Waals surface area contributed by atoms with Gasteiger partial charge in [-0.1, -0.05) is 6.07 Å². The summed E-state index contributed by atoms with van der Waals surface area (Å²) in [7, 11) is 0. The fourth-order valence-electron chi connectivity index (χ4n) is 3.64. The molecule has 3 aliphatic rings. The molecule has 4 amide bonds. The van der Waals surface area contributed by atoms with Crippen LogP contribution in [0, 0.1) is 5.92 Å². The molecule has 0 bridgehead atoms. The highest BCUT2D eigenvalue weighted by Crippen LogP contribution is 2.42. The topological polar surface area (TPSA) is 97.0 Å². The molecule has 0 spiro atoms. The largest absolute Gasteiger partial charge is 0.486 e. The van der Waals surface area contributed by atoms with Crippen molar-refractivity contribution in [1.82, 2.24) is 15.5 Å². The number of urea groups is 1. The summed E-state index contributed by atoms with van der Waals surface area (Å²) in [6.07, 6.45) is 1.84. The molecule has 144 valence electrons. The van der Waals surface area contributed by atoms with E-state index in [2.05, 4.69) is 10.6 Å². The summed E-state index contributed by atoms with van der Waals surface area (Å²) in [6.45, 7) is 4.29. The second-order valence-corrected chi connectivity index (χ2v) is 7.49. The normalized spacial score (nSPS) is 25.2. The van der Waals surface area contributed by atoms with E-state index in [1.54, 1.807) is 6.92 Å². The monoisotopic (exact) mass is 373 g/mol. The first-order valence-corrected chi connectivity index (χ1v) is 9.21. The van der Waals surface area contributed by atoms with Gasteiger partial charge in [-0.05, 0) is 50.3 Å². The number of hydrogen-bond acceptors (Lipinski definition) is 5. The molecule has 1 aromatic rings. The van der Waals surface area contributed by atoms with Crippen LogP contribution in [0.1, 0.15) is 38.3 Å². The van der Waals surface area contributed by atoms with Gasteiger partial charge in [0.15, 0.2) is 11.5 Å². The summed E-state index contributed by atoms with van der Waals surface area (Å²) < 4.78 is 11.1. The van der Waals surface area contributed by atoms with E-state index in [1.807, 2.05) is 25.1 Å². The Bertz CT molecular complexity index is 807. The second kappa shape index (κ2) is 6.44. The van der Waals surface area contributed by atoms with Crippen LogP contribution in [0.25, 0.3) is 0 Å². The van der Waals surface area contributed by atoms with Gasteiger partial charge in [0.2, 0.25) is 5.91 Å². The number of nitrogens with one attached hydrogen (secondary N) is 2. The SMILES string of the molecule is C[C@@H](NC(=O)CN1C(=O)N[C@@](C)(C2CC2)C1=O)c1ccc2c(c1)OCCO2. The summed E-state index contributed by atoms with van der Waals surface area (Å²) in [4.78, 5) is 38.2. The Hall–Kier alpha value is -2.77. The maximum atomic E-state index is 12.6. The van der Waals surface area contributed by atoms with Gasteiger partial charge in [-0.2, -0.15) is 0 Å². The molecule has 2 fully saturated rings. The standard InChI is InChI=1S/C19H23N3O5/c1-11(12-3-6-14-15(9-12)27-8-7-26-14)20-16(23)10-22-17(24)19(2,13-4-5-13)21-18(22)25/h3,6,9,11,13H,4-5,7-8,10H2,1-2H3,(H,20,23)(H,21,25)/t11-,19+/m1/s1. The molecule has 2 heterocycles. The Morgan fingerprint density at radius 3 is 2.70 bits per heavy atom. The number of ether oxygens (including phenoxy) is 2. The Kier molecular flexibility index (Phi) is 4.20. The molecule has 2 atom stereocenters. The van der Waals surface area contributed by atoms with E-state index >= 15 is 0 Å². The quantitative estimate of drug-likeness (QED) is 0.760. The van der Waals surface area contributed by atoms with Gasteiger partial charge in [-0.15, -0.1) is 0 Å². The predicted octanol–water partition coefficient (Wildman–Crippen LogP) is 1.36. The number of imide groups is 1. The maximum absolute atomic E-state index is 12.6. The zero-order chi connectivity index (χ0) is 19.2. The Balaban J connectivity index is 1.39. The summed E-state index contributed by atoms with van der Waals surface area (Å²) in [5.74, 6) is 0.785. The van der Waals surface area contributed by atoms with E-state index < -0.39 is 11.6 Å². The molecule has 2 aliphatic heterocycles. The molecule has 1 saturated heterocycles. The number of rotatable bonds is 5. The van der Waals surface area contributed by atoms with Crippen LogP contribution >= 0.6 is 0 Å². The van der Waals surface area contributed by atoms with Gasteiger partial charge in [0.05, 0.1) is 6.04 Å². The number of benzene rings is 1. The third-order valence-corrected chi connectivity index (χ3v) is 5.44. The van der Waals surface area contributed by atoms with Crippen molar-refractivity contribution in [3.8, 4) is 11.5 Å². The van der Waals surface area contributed by atoms with Crippen molar-refractivity contribution < 1.29 is 23.9 Å². The van der Waals surface area contributed by atoms with Crippen molar-refractivity contribution in [3.05, 3.63) is 23.8 Å². The molecular formula is C19H23N3O5. The molecular weight excluding hydrogens is 350 g/mol. The van der Waals surface area contributed by atoms with Crippen molar-refractivity contribution in [2.45, 2.75) is 38.3 Å². The number of carbonyl (C=O) groups is 3. The number of hydrogen-bond donors (Lipinski definition) is 2. The molecule has 4 rings (SSSR count). The van der Waals surface area contributed by atoms with Crippen LogP contribution < -0.4 is 20.1 Å². The maximum Gasteiger partial charge on any atom is 0.325 e. The van der Waals surface area contributed by atoms with Gasteiger partial charge in [-0.3, -0.25) is 14.5 Å². The highest BCUT2D eigenvalue weighted by Gasteiger charge is 2.56. The van der Waals surface area contributed by atoms with E-state index in [0.717, 1.165) is 23.3 Å². The molecule has 1 saturated carbocycles. The molecule has 1 aromatic carbocycles. The van der Waals surface area contributed by atoms with Crippen LogP contribution in [0.15, 0.2) is 18.2 Å². The molecule has 8 heteroatoms. The molecule has 2 N–H and O–H groups in total. The first-order chi connectivity index (χ1) is 12.9. The zero-order valence-corrected chi connectivity index (χ0v) is 15.4. The van der Waals surface area contributed by atoms with Gasteiger partial charge in [0, 0.05) is 0 Å². The molecule has 0 radical (unpaired) electrons. The van der Waals surface area contributed by atoms with E-state index in [0.29, 0.717) is 24.7 Å². The van der Waals surface area contributed by atoms with Crippen molar-refractivity contribution in [2.24, 2.45) is 5.92 Å². The number of fused-ring (bicyclic) bond motifs is 1. The number of amides is 4. The summed E-state index contributed by atoms with van der Waals surface area (Å²) in [5, 5.41) is 5.58. The molecule has 27 heavy (non-hydrogen) atoms. The van der Waals surface area contributed by atoms with Gasteiger partial charge in [0.25, 0.3) is 5.91 Å². The van der Waals surface area contributed by atoms with E-state index in [1.165, 1.54) is 0 Å². The Labute approximate surface area is 157 Å². The van der Waals surface area contributed by atoms with Crippen LogP contribution in [0.2, 0.25) is 0 Å². The molecule has 1 aliphatic carbocycles. The molecule has 0 unspecified atom stereocenters. The molecule has 8 nitrogen and oxygen atoms in total. The van der Waals surface area contributed by atoms with Crippen molar-refractivity contribution in [2.75, 3.05) is 19.8 Å². The van der Waals surface area contributed by atoms with Crippen LogP contribution in [-0.4, -0.2) is 48.0 Å². The highest BCUT2D eigenvalue weighted by atomic mass is 16.6. The van der Waals surface area contributed by atoms with Gasteiger partial charge in [-0.25, -0.2) is 4.79 Å². The minimum Gasteiger partial charge on any atom is -0.486 e. The number of nitrogens with zero attached hydrogens (tertiary/aromatic N) is 1. The summed E-state index contributed by atoms with van der Waals surface area (Å²) >= 11 is 0. The zero-order valence-electron chi connectivity index (χ0n) is 15.4. The van der Waals surface area contributed by atoms with E-state index in [-0.39, 0.29) is 30.3 Å². The third kappa shape index (κ3) is 3.20. The number of carbonyl (C=O) groups excluding carboxylic acids is 3. The fourth-order valence-corrected chi connectivity index (χ4v) is 3.64. The van der Waals surface area contributed by atoms with E-state index in [4.69, 9.17) is 9.47 Å². The lowest BCUT2D eigenvalue weighted by Gasteiger charge is -2.22. The fraction of sp³-hybridized carbons (Fsp3) is 0.526. The lowest BCUT2D eigenvalue weighted by Crippen LogP contribution is -2.47. The first kappa shape index (κ1) is 17.6. The van der Waals surface area contributed by atoms with Crippen LogP contribution in [0.3, 0.4) is 0 Å². The van der Waals surface area contributed by atoms with Gasteiger partial charge >= 0.3 is 6.03 Å². The Morgan fingerprint density at radius 1 is 1.30 bits per heavy atom. The first-order valence-electron chi connectivity index (χ1n) is 9.21. The van der Waals surface area contributed by atoms with Crippen LogP contribution in [0.5, 0.6) is 11.5 Å². The average Bonchev–Trinajstić information content (AvgIpc) is 3.47. The average molecular weight is 373 g/mol. The van der Waals surface area contributed by atoms with E-state index in [9.17, 15) is 14.4 Å². The van der Waals surface area contributed by atoms with Gasteiger partial charge in [0.1, 0.15) is 25.3 Å². The smallest absolute Gasteiger partial charge is 0.325 e. The Morgan fingerprint density at radius 2 is 2.00 bits per heavy atom. The summed E-state index contributed by atoms with van der Waals surface area (Å²) in [6, 6.07) is 4.69. The minimum atomic E-state index is -0.876. The van der Waals surface area contributed by atoms with Crippen LogP contribution in [-0.2, 0) is 9.59 Å². The summed E-state index contributed by atoms with van der Waals surface area (Å²) in [5.41, 5.74) is -0.0219. The lowest BCUT2D eigenvalue weighted by molar-refractivity contribution is -0.135. The lowest BCUT2D eigenvalue weighted by atomic mass is 9.96. The van der Waals surface area contributed by atoms with Crippen molar-refractivity contribution in [1.29, 1.82) is 0 Å². The third-order valence-electron chi connectivity index (χ3n) is 5.44. The molecule has 0 aromatic heterocycles. The van der Waals surface area contributed by atoms with Crippen molar-refractivity contribution >= 4 is 17.8 Å². The van der Waals surface area contributed by atoms with Gasteiger partial charge < -0.3 is 20.1 Å². The minimum absolute atomic E-state index is 0.165. The predicted molar refractivity (Wildman–Crippen MR) is 95.4 cm³/mol. The van der Waals surface area contributed by atoms with Crippen LogP contribution in [0.4, 0.5) is 4.79 Å². The highest BCUT2D eigenvalue weighted by molar-refractivity contribution is 6.09. The van der Waals surface area contributed by atoms with Crippen molar-refractivity contribution in [3.63, 3.8) is 0 Å².